The van der Waals surface area contributed by atoms with Crippen LogP contribution >= 0.6 is 0 Å². The van der Waals surface area contributed by atoms with Gasteiger partial charge in [-0.2, -0.15) is 4.31 Å². The van der Waals surface area contributed by atoms with Crippen molar-refractivity contribution in [3.05, 3.63) is 72.4 Å². The van der Waals surface area contributed by atoms with E-state index in [0.29, 0.717) is 44.7 Å². The predicted molar refractivity (Wildman–Crippen MR) is 165 cm³/mol. The van der Waals surface area contributed by atoms with Crippen molar-refractivity contribution in [3.63, 3.8) is 0 Å². The zero-order valence-corrected chi connectivity index (χ0v) is 26.3. The fourth-order valence-corrected chi connectivity index (χ4v) is 8.16. The standard InChI is InChI=1S/C31H39N3O8S2/c1-23-8-9-30(33-19-23)24-4-2-7-29(16-24)44(39,40)34-12-10-31(11-13-34)18-25(21-42-31)32-20-26(36)22-41-27-5-3-6-28(17-27)43(37,38)15-14-35/h2-9,16-17,19,25-26,32,35-36H,10-15,18,20-22H2,1H3. The highest BCUT2D eigenvalue weighted by Crippen LogP contribution is 2.37. The van der Waals surface area contributed by atoms with E-state index in [1.807, 2.05) is 25.1 Å². The predicted octanol–water partition coefficient (Wildman–Crippen LogP) is 2.16. The lowest BCUT2D eigenvalue weighted by Gasteiger charge is -2.38. The number of hydrogen-bond donors (Lipinski definition) is 3. The molecular formula is C31H39N3O8S2. The molecule has 44 heavy (non-hydrogen) atoms. The molecule has 11 nitrogen and oxygen atoms in total. The molecule has 3 aromatic rings. The molecule has 0 bridgehead atoms. The van der Waals surface area contributed by atoms with E-state index < -0.39 is 38.2 Å². The second-order valence-electron chi connectivity index (χ2n) is 11.4. The number of aliphatic hydroxyl groups is 2. The number of nitrogens with one attached hydrogen (secondary N) is 1. The molecule has 5 rings (SSSR count). The fraction of sp³-hybridized carbons (Fsp3) is 0.452. The summed E-state index contributed by atoms with van der Waals surface area (Å²) in [5.74, 6) is -0.0614. The van der Waals surface area contributed by atoms with Gasteiger partial charge in [-0.25, -0.2) is 16.8 Å². The van der Waals surface area contributed by atoms with Crippen molar-refractivity contribution in [2.45, 2.75) is 53.7 Å². The number of sulfonamides is 1. The van der Waals surface area contributed by atoms with E-state index in [4.69, 9.17) is 14.6 Å². The number of aryl methyl sites for hydroxylation is 1. The molecule has 13 heteroatoms. The highest BCUT2D eigenvalue weighted by molar-refractivity contribution is 7.91. The zero-order chi connectivity index (χ0) is 31.4. The van der Waals surface area contributed by atoms with E-state index in [1.54, 1.807) is 36.5 Å². The van der Waals surface area contributed by atoms with Crippen LogP contribution in [0.1, 0.15) is 24.8 Å². The number of pyridine rings is 1. The van der Waals surface area contributed by atoms with Gasteiger partial charge in [0.05, 0.1) is 40.1 Å². The monoisotopic (exact) mass is 645 g/mol. The van der Waals surface area contributed by atoms with Gasteiger partial charge in [0, 0.05) is 37.4 Å². The van der Waals surface area contributed by atoms with Gasteiger partial charge in [0.1, 0.15) is 18.5 Å². The Labute approximate surface area is 258 Å². The summed E-state index contributed by atoms with van der Waals surface area (Å²) < 4.78 is 64.7. The second kappa shape index (κ2) is 13.6. The van der Waals surface area contributed by atoms with Crippen LogP contribution in [0.4, 0.5) is 0 Å². The summed E-state index contributed by atoms with van der Waals surface area (Å²) in [6.45, 7) is 2.86. The van der Waals surface area contributed by atoms with Crippen LogP contribution in [-0.2, 0) is 24.6 Å². The first kappa shape index (κ1) is 32.5. The SMILES string of the molecule is Cc1ccc(-c2cccc(S(=O)(=O)N3CCC4(CC3)CC(NCC(O)COc3cccc(S(=O)(=O)CCO)c3)CO4)c2)nc1. The van der Waals surface area contributed by atoms with E-state index in [0.717, 1.165) is 16.8 Å². The van der Waals surface area contributed by atoms with Crippen LogP contribution in [-0.4, -0.2) is 99.3 Å². The highest BCUT2D eigenvalue weighted by atomic mass is 32.2. The van der Waals surface area contributed by atoms with Gasteiger partial charge in [0.2, 0.25) is 10.0 Å². The molecule has 2 atom stereocenters. The maximum absolute atomic E-state index is 13.5. The molecule has 0 saturated carbocycles. The molecule has 238 valence electrons. The summed E-state index contributed by atoms with van der Waals surface area (Å²) in [6, 6.07) is 16.7. The topological polar surface area (TPSA) is 155 Å². The van der Waals surface area contributed by atoms with Gasteiger partial charge in [0.25, 0.3) is 0 Å². The molecule has 2 saturated heterocycles. The number of rotatable bonds is 12. The summed E-state index contributed by atoms with van der Waals surface area (Å²) in [4.78, 5) is 4.72. The summed E-state index contributed by atoms with van der Waals surface area (Å²) >= 11 is 0. The Hall–Kier alpha value is -2.91. The van der Waals surface area contributed by atoms with Gasteiger partial charge >= 0.3 is 0 Å². The van der Waals surface area contributed by atoms with Crippen LogP contribution in [0.25, 0.3) is 11.3 Å². The molecule has 1 aromatic heterocycles. The molecule has 2 aliphatic rings. The third kappa shape index (κ3) is 7.65. The van der Waals surface area contributed by atoms with Gasteiger partial charge in [-0.1, -0.05) is 24.3 Å². The number of hydrogen-bond acceptors (Lipinski definition) is 10. The first-order valence-electron chi connectivity index (χ1n) is 14.6. The lowest BCUT2D eigenvalue weighted by Crippen LogP contribution is -2.47. The normalized spacial score (nSPS) is 19.7. The van der Waals surface area contributed by atoms with E-state index in [9.17, 15) is 21.9 Å². The minimum absolute atomic E-state index is 0.00143. The Morgan fingerprint density at radius 3 is 2.55 bits per heavy atom. The maximum atomic E-state index is 13.5. The van der Waals surface area contributed by atoms with Crippen molar-refractivity contribution < 1.29 is 36.5 Å². The Kier molecular flexibility index (Phi) is 10.0. The van der Waals surface area contributed by atoms with E-state index in [-0.39, 0.29) is 34.7 Å². The highest BCUT2D eigenvalue weighted by Gasteiger charge is 2.44. The Balaban J connectivity index is 1.09. The van der Waals surface area contributed by atoms with Crippen molar-refractivity contribution >= 4 is 19.9 Å². The van der Waals surface area contributed by atoms with E-state index >= 15 is 0 Å². The molecule has 2 aromatic carbocycles. The molecule has 1 spiro atoms. The second-order valence-corrected chi connectivity index (χ2v) is 15.5. The summed E-state index contributed by atoms with van der Waals surface area (Å²) in [5.41, 5.74) is 2.09. The number of piperidine rings is 1. The van der Waals surface area contributed by atoms with Gasteiger partial charge in [-0.05, 0) is 68.1 Å². The molecule has 3 heterocycles. The largest absolute Gasteiger partial charge is 0.491 e. The summed E-state index contributed by atoms with van der Waals surface area (Å²) in [7, 11) is -7.29. The quantitative estimate of drug-likeness (QED) is 0.267. The average molecular weight is 646 g/mol. The number of aromatic nitrogens is 1. The molecular weight excluding hydrogens is 606 g/mol. The van der Waals surface area contributed by atoms with Crippen molar-refractivity contribution in [3.8, 4) is 17.0 Å². The van der Waals surface area contributed by atoms with Gasteiger partial charge < -0.3 is 25.0 Å². The molecule has 0 aliphatic carbocycles. The Bertz CT molecular complexity index is 1640. The Morgan fingerprint density at radius 1 is 1.07 bits per heavy atom. The molecule has 0 radical (unpaired) electrons. The number of ether oxygens (including phenoxy) is 2. The molecule has 2 unspecified atom stereocenters. The lowest BCUT2D eigenvalue weighted by molar-refractivity contribution is -0.0312. The maximum Gasteiger partial charge on any atom is 0.243 e. The van der Waals surface area contributed by atoms with Crippen LogP contribution in [0, 0.1) is 6.92 Å². The number of nitrogens with zero attached hydrogens (tertiary/aromatic N) is 2. The Morgan fingerprint density at radius 2 is 1.82 bits per heavy atom. The fourth-order valence-electron chi connectivity index (χ4n) is 5.61. The first-order valence-corrected chi connectivity index (χ1v) is 17.7. The van der Waals surface area contributed by atoms with Gasteiger partial charge in [-0.3, -0.25) is 4.98 Å². The average Bonchev–Trinajstić information content (AvgIpc) is 3.41. The zero-order valence-electron chi connectivity index (χ0n) is 24.6. The van der Waals surface area contributed by atoms with Gasteiger partial charge in [0.15, 0.2) is 9.84 Å². The third-order valence-corrected chi connectivity index (χ3v) is 11.7. The van der Waals surface area contributed by atoms with Crippen molar-refractivity contribution in [1.29, 1.82) is 0 Å². The minimum atomic E-state index is -3.68. The van der Waals surface area contributed by atoms with Crippen molar-refractivity contribution in [2.24, 2.45) is 0 Å². The molecule has 3 N–H and O–H groups in total. The molecule has 2 fully saturated rings. The van der Waals surface area contributed by atoms with Crippen molar-refractivity contribution in [1.82, 2.24) is 14.6 Å². The lowest BCUT2D eigenvalue weighted by atomic mass is 9.88. The molecule has 2 aliphatic heterocycles. The molecule has 0 amide bonds. The van der Waals surface area contributed by atoms with Crippen LogP contribution in [0.2, 0.25) is 0 Å². The summed E-state index contributed by atoms with van der Waals surface area (Å²) in [6.07, 6.45) is 2.77. The minimum Gasteiger partial charge on any atom is -0.491 e. The van der Waals surface area contributed by atoms with Crippen LogP contribution < -0.4 is 10.1 Å². The van der Waals surface area contributed by atoms with Crippen LogP contribution in [0.15, 0.2) is 76.7 Å². The van der Waals surface area contributed by atoms with Gasteiger partial charge in [-0.15, -0.1) is 0 Å². The van der Waals surface area contributed by atoms with Crippen LogP contribution in [0.5, 0.6) is 5.75 Å². The number of benzene rings is 2. The van der Waals surface area contributed by atoms with E-state index in [2.05, 4.69) is 10.3 Å². The number of aliphatic hydroxyl groups excluding tert-OH is 2. The van der Waals surface area contributed by atoms with E-state index in [1.165, 1.54) is 16.4 Å². The first-order chi connectivity index (χ1) is 21.0. The van der Waals surface area contributed by atoms with Crippen molar-refractivity contribution in [2.75, 3.05) is 45.2 Å². The van der Waals surface area contributed by atoms with Crippen LogP contribution in [0.3, 0.4) is 0 Å². The summed E-state index contributed by atoms with van der Waals surface area (Å²) in [5, 5.41) is 22.8. The smallest absolute Gasteiger partial charge is 0.243 e. The number of sulfone groups is 1. The third-order valence-electron chi connectivity index (χ3n) is 8.13.